The maximum Gasteiger partial charge on any atom is 0.150 e. The van der Waals surface area contributed by atoms with Gasteiger partial charge in [0.25, 0.3) is 0 Å². The molecule has 0 aromatic heterocycles. The van der Waals surface area contributed by atoms with Crippen molar-refractivity contribution >= 4 is 21.4 Å². The summed E-state index contributed by atoms with van der Waals surface area (Å²) in [5.41, 5.74) is 1.13. The molecule has 1 aromatic carbocycles. The fourth-order valence-corrected chi connectivity index (χ4v) is 4.81. The average molecular weight is 302 g/mol. The van der Waals surface area contributed by atoms with Crippen LogP contribution in [0.3, 0.4) is 0 Å². The molecule has 2 unspecified atom stereocenters. The highest BCUT2D eigenvalue weighted by Crippen LogP contribution is 2.33. The maximum atomic E-state index is 11.7. The summed E-state index contributed by atoms with van der Waals surface area (Å²) in [6.45, 7) is 3.74. The summed E-state index contributed by atoms with van der Waals surface area (Å²) in [5.74, 6) is 1.04. The van der Waals surface area contributed by atoms with Crippen molar-refractivity contribution in [1.82, 2.24) is 5.32 Å². The molecule has 0 amide bonds. The van der Waals surface area contributed by atoms with Gasteiger partial charge in [-0.05, 0) is 36.6 Å². The van der Waals surface area contributed by atoms with Gasteiger partial charge in [-0.3, -0.25) is 0 Å². The van der Waals surface area contributed by atoms with Crippen LogP contribution in [0.15, 0.2) is 24.3 Å². The van der Waals surface area contributed by atoms with Crippen molar-refractivity contribution in [2.45, 2.75) is 19.3 Å². The van der Waals surface area contributed by atoms with Crippen LogP contribution in [0.25, 0.3) is 0 Å². The number of nitrogens with one attached hydrogen (secondary N) is 1. The van der Waals surface area contributed by atoms with E-state index >= 15 is 0 Å². The van der Waals surface area contributed by atoms with Crippen molar-refractivity contribution < 1.29 is 8.42 Å². The Kier molecular flexibility index (Phi) is 4.87. The van der Waals surface area contributed by atoms with Gasteiger partial charge in [-0.15, -0.1) is 0 Å². The van der Waals surface area contributed by atoms with Gasteiger partial charge in [-0.1, -0.05) is 30.7 Å². The smallest absolute Gasteiger partial charge is 0.150 e. The van der Waals surface area contributed by atoms with E-state index in [4.69, 9.17) is 11.6 Å². The standard InChI is InChI=1S/C14H20ClNO2S/c1-2-16-9-14(11-4-3-5-13(15)8-11)12-6-7-19(17,18)10-12/h3-5,8,12,14,16H,2,6-7,9-10H2,1H3. The van der Waals surface area contributed by atoms with Crippen LogP contribution in [0.2, 0.25) is 5.02 Å². The molecule has 1 heterocycles. The molecule has 1 aromatic rings. The number of sulfone groups is 1. The van der Waals surface area contributed by atoms with E-state index in [1.54, 1.807) is 0 Å². The van der Waals surface area contributed by atoms with Crippen molar-refractivity contribution in [3.8, 4) is 0 Å². The number of halogens is 1. The molecule has 0 spiro atoms. The summed E-state index contributed by atoms with van der Waals surface area (Å²) in [4.78, 5) is 0. The van der Waals surface area contributed by atoms with Crippen molar-refractivity contribution in [3.05, 3.63) is 34.9 Å². The first-order chi connectivity index (χ1) is 9.02. The minimum absolute atomic E-state index is 0.197. The molecule has 19 heavy (non-hydrogen) atoms. The zero-order valence-electron chi connectivity index (χ0n) is 11.1. The highest BCUT2D eigenvalue weighted by atomic mass is 35.5. The Morgan fingerprint density at radius 1 is 1.47 bits per heavy atom. The number of likely N-dealkylation sites (N-methyl/N-ethyl adjacent to an activating group) is 1. The van der Waals surface area contributed by atoms with Gasteiger partial charge in [-0.2, -0.15) is 0 Å². The topological polar surface area (TPSA) is 46.2 Å². The van der Waals surface area contributed by atoms with E-state index in [0.717, 1.165) is 25.1 Å². The summed E-state index contributed by atoms with van der Waals surface area (Å²) >= 11 is 6.05. The third kappa shape index (κ3) is 3.94. The molecule has 2 rings (SSSR count). The van der Waals surface area contributed by atoms with E-state index < -0.39 is 9.84 Å². The molecule has 5 heteroatoms. The van der Waals surface area contributed by atoms with E-state index in [1.807, 2.05) is 24.3 Å². The van der Waals surface area contributed by atoms with Crippen LogP contribution in [-0.4, -0.2) is 33.0 Å². The summed E-state index contributed by atoms with van der Waals surface area (Å²) in [6.07, 6.45) is 0.755. The second kappa shape index (κ2) is 6.25. The molecule has 0 radical (unpaired) electrons. The minimum Gasteiger partial charge on any atom is -0.316 e. The summed E-state index contributed by atoms with van der Waals surface area (Å²) < 4.78 is 23.3. The molecule has 0 aliphatic carbocycles. The highest BCUT2D eigenvalue weighted by Gasteiger charge is 2.34. The zero-order chi connectivity index (χ0) is 13.9. The Labute approximate surface area is 120 Å². The maximum absolute atomic E-state index is 11.7. The Bertz CT molecular complexity index is 530. The van der Waals surface area contributed by atoms with E-state index in [0.29, 0.717) is 16.5 Å². The van der Waals surface area contributed by atoms with Crippen molar-refractivity contribution in [2.75, 3.05) is 24.6 Å². The van der Waals surface area contributed by atoms with Crippen LogP contribution in [-0.2, 0) is 9.84 Å². The van der Waals surface area contributed by atoms with Gasteiger partial charge in [-0.25, -0.2) is 8.42 Å². The molecule has 3 nitrogen and oxygen atoms in total. The average Bonchev–Trinajstić information content (AvgIpc) is 2.70. The number of benzene rings is 1. The molecule has 2 atom stereocenters. The van der Waals surface area contributed by atoms with E-state index in [-0.39, 0.29) is 11.8 Å². The van der Waals surface area contributed by atoms with Crippen LogP contribution in [0.5, 0.6) is 0 Å². The first-order valence-corrected chi connectivity index (χ1v) is 8.88. The second-order valence-electron chi connectivity index (χ2n) is 5.13. The molecular weight excluding hydrogens is 282 g/mol. The van der Waals surface area contributed by atoms with Crippen LogP contribution in [0.4, 0.5) is 0 Å². The van der Waals surface area contributed by atoms with Crippen LogP contribution >= 0.6 is 11.6 Å². The molecule has 106 valence electrons. The lowest BCUT2D eigenvalue weighted by Crippen LogP contribution is -2.27. The first-order valence-electron chi connectivity index (χ1n) is 6.68. The Morgan fingerprint density at radius 3 is 2.84 bits per heavy atom. The fraction of sp³-hybridized carbons (Fsp3) is 0.571. The van der Waals surface area contributed by atoms with Crippen molar-refractivity contribution in [1.29, 1.82) is 0 Å². The molecular formula is C14H20ClNO2S. The summed E-state index contributed by atoms with van der Waals surface area (Å²) in [6, 6.07) is 7.77. The monoisotopic (exact) mass is 301 g/mol. The van der Waals surface area contributed by atoms with Gasteiger partial charge >= 0.3 is 0 Å². The lowest BCUT2D eigenvalue weighted by molar-refractivity contribution is 0.443. The Morgan fingerprint density at radius 2 is 2.26 bits per heavy atom. The summed E-state index contributed by atoms with van der Waals surface area (Å²) in [5, 5.41) is 4.04. The van der Waals surface area contributed by atoms with Crippen molar-refractivity contribution in [2.24, 2.45) is 5.92 Å². The molecule has 0 bridgehead atoms. The minimum atomic E-state index is -2.84. The largest absolute Gasteiger partial charge is 0.316 e. The SMILES string of the molecule is CCNCC(c1cccc(Cl)c1)C1CCS(=O)(=O)C1. The highest BCUT2D eigenvalue weighted by molar-refractivity contribution is 7.91. The third-order valence-corrected chi connectivity index (χ3v) is 5.76. The van der Waals surface area contributed by atoms with E-state index in [2.05, 4.69) is 12.2 Å². The predicted octanol–water partition coefficient (Wildman–Crippen LogP) is 2.47. The second-order valence-corrected chi connectivity index (χ2v) is 7.80. The molecule has 1 aliphatic rings. The van der Waals surface area contributed by atoms with Gasteiger partial charge in [0.2, 0.25) is 0 Å². The van der Waals surface area contributed by atoms with Crippen LogP contribution in [0.1, 0.15) is 24.8 Å². The van der Waals surface area contributed by atoms with Crippen LogP contribution < -0.4 is 5.32 Å². The van der Waals surface area contributed by atoms with Gasteiger partial charge in [0.05, 0.1) is 11.5 Å². The normalized spacial score (nSPS) is 23.4. The molecule has 1 fully saturated rings. The molecule has 1 N–H and O–H groups in total. The number of hydrogen-bond acceptors (Lipinski definition) is 3. The Balaban J connectivity index is 2.21. The first kappa shape index (κ1) is 14.8. The van der Waals surface area contributed by atoms with Crippen LogP contribution in [0, 0.1) is 5.92 Å². The van der Waals surface area contributed by atoms with E-state index in [9.17, 15) is 8.42 Å². The zero-order valence-corrected chi connectivity index (χ0v) is 12.7. The lowest BCUT2D eigenvalue weighted by Gasteiger charge is -2.23. The van der Waals surface area contributed by atoms with Gasteiger partial charge in [0, 0.05) is 17.5 Å². The van der Waals surface area contributed by atoms with Gasteiger partial charge < -0.3 is 5.32 Å². The third-order valence-electron chi connectivity index (χ3n) is 3.73. The van der Waals surface area contributed by atoms with Crippen molar-refractivity contribution in [3.63, 3.8) is 0 Å². The fourth-order valence-electron chi connectivity index (χ4n) is 2.73. The van der Waals surface area contributed by atoms with Gasteiger partial charge in [0.15, 0.2) is 9.84 Å². The molecule has 1 aliphatic heterocycles. The predicted molar refractivity (Wildman–Crippen MR) is 79.5 cm³/mol. The molecule has 0 saturated carbocycles. The lowest BCUT2D eigenvalue weighted by atomic mass is 9.85. The Hall–Kier alpha value is -0.580. The number of rotatable bonds is 5. The molecule has 1 saturated heterocycles. The van der Waals surface area contributed by atoms with E-state index in [1.165, 1.54) is 0 Å². The number of hydrogen-bond donors (Lipinski definition) is 1. The summed E-state index contributed by atoms with van der Waals surface area (Å²) in [7, 11) is -2.84. The quantitative estimate of drug-likeness (QED) is 0.909. The van der Waals surface area contributed by atoms with Gasteiger partial charge in [0.1, 0.15) is 0 Å².